The number of piperidine rings is 1. The van der Waals surface area contributed by atoms with E-state index in [0.29, 0.717) is 0 Å². The zero-order valence-corrected chi connectivity index (χ0v) is 10.8. The van der Waals surface area contributed by atoms with E-state index in [9.17, 15) is 0 Å². The van der Waals surface area contributed by atoms with E-state index in [4.69, 9.17) is 0 Å². The molecule has 15 heavy (non-hydrogen) atoms. The fourth-order valence-electron chi connectivity index (χ4n) is 1.86. The molecule has 0 aromatic carbocycles. The number of thiazole rings is 1. The first-order valence-electron chi connectivity index (χ1n) is 5.63. The molecule has 0 bridgehead atoms. The second-order valence-corrected chi connectivity index (χ2v) is 6.24. The van der Waals surface area contributed by atoms with Gasteiger partial charge in [-0.15, -0.1) is 11.3 Å². The van der Waals surface area contributed by atoms with E-state index in [1.165, 1.54) is 42.3 Å². The average Bonchev–Trinajstić information content (AvgIpc) is 2.66. The van der Waals surface area contributed by atoms with Crippen LogP contribution >= 0.6 is 23.1 Å². The Labute approximate surface area is 99.9 Å². The van der Waals surface area contributed by atoms with Crippen LogP contribution in [0.2, 0.25) is 0 Å². The Kier molecular flexibility index (Phi) is 4.47. The van der Waals surface area contributed by atoms with Gasteiger partial charge in [-0.2, -0.15) is 0 Å². The van der Waals surface area contributed by atoms with E-state index in [-0.39, 0.29) is 0 Å². The third kappa shape index (κ3) is 3.78. The summed E-state index contributed by atoms with van der Waals surface area (Å²) >= 11 is 3.67. The highest BCUT2D eigenvalue weighted by Crippen LogP contribution is 2.24. The Bertz CT molecular complexity index is 293. The van der Waals surface area contributed by atoms with E-state index in [0.717, 1.165) is 11.7 Å². The fraction of sp³-hybridized carbons (Fsp3) is 0.727. The fourth-order valence-corrected chi connectivity index (χ4v) is 3.83. The number of thioether (sulfide) groups is 1. The number of aromatic nitrogens is 1. The van der Waals surface area contributed by atoms with Crippen LogP contribution in [0.15, 0.2) is 9.72 Å². The highest BCUT2D eigenvalue weighted by molar-refractivity contribution is 8.01. The molecule has 1 N–H and O–H groups in total. The molecule has 0 spiro atoms. The van der Waals surface area contributed by atoms with Crippen molar-refractivity contribution in [3.05, 3.63) is 11.1 Å². The van der Waals surface area contributed by atoms with Crippen LogP contribution in [0.4, 0.5) is 0 Å². The summed E-state index contributed by atoms with van der Waals surface area (Å²) < 4.78 is 1.23. The lowest BCUT2D eigenvalue weighted by Gasteiger charge is -2.22. The first kappa shape index (κ1) is 11.4. The van der Waals surface area contributed by atoms with Gasteiger partial charge in [0.25, 0.3) is 0 Å². The van der Waals surface area contributed by atoms with Gasteiger partial charge in [0.05, 0.1) is 0 Å². The van der Waals surface area contributed by atoms with Gasteiger partial charge >= 0.3 is 0 Å². The monoisotopic (exact) mass is 242 g/mol. The summed E-state index contributed by atoms with van der Waals surface area (Å²) in [7, 11) is 0. The summed E-state index contributed by atoms with van der Waals surface area (Å²) in [6.45, 7) is 3.27. The summed E-state index contributed by atoms with van der Waals surface area (Å²) in [4.78, 5) is 4.45. The number of hydrogen-bond acceptors (Lipinski definition) is 4. The van der Waals surface area contributed by atoms with Crippen LogP contribution in [0, 0.1) is 6.92 Å². The van der Waals surface area contributed by atoms with Crippen LogP contribution in [-0.2, 0) is 0 Å². The maximum Gasteiger partial charge on any atom is 0.150 e. The van der Waals surface area contributed by atoms with Crippen LogP contribution in [0.3, 0.4) is 0 Å². The molecular weight excluding hydrogens is 224 g/mol. The summed E-state index contributed by atoms with van der Waals surface area (Å²) in [6.07, 6.45) is 5.40. The lowest BCUT2D eigenvalue weighted by molar-refractivity contribution is 0.395. The highest BCUT2D eigenvalue weighted by atomic mass is 32.2. The molecule has 1 fully saturated rings. The van der Waals surface area contributed by atoms with Gasteiger partial charge in [-0.3, -0.25) is 0 Å². The second-order valence-electron chi connectivity index (χ2n) is 4.04. The Morgan fingerprint density at radius 3 is 3.20 bits per heavy atom. The third-order valence-electron chi connectivity index (χ3n) is 2.70. The first-order chi connectivity index (χ1) is 7.34. The number of hydrogen-bond donors (Lipinski definition) is 1. The van der Waals surface area contributed by atoms with Crippen molar-refractivity contribution in [1.82, 2.24) is 10.3 Å². The zero-order chi connectivity index (χ0) is 10.5. The highest BCUT2D eigenvalue weighted by Gasteiger charge is 2.12. The van der Waals surface area contributed by atoms with Gasteiger partial charge in [0, 0.05) is 22.9 Å². The van der Waals surface area contributed by atoms with Crippen LogP contribution in [0.5, 0.6) is 0 Å². The van der Waals surface area contributed by atoms with Gasteiger partial charge in [-0.05, 0) is 32.7 Å². The number of nitrogens with one attached hydrogen (secondary N) is 1. The molecular formula is C11H18N2S2. The molecule has 0 saturated carbocycles. The predicted molar refractivity (Wildman–Crippen MR) is 67.8 cm³/mol. The first-order valence-corrected chi connectivity index (χ1v) is 7.49. The minimum atomic E-state index is 0.757. The molecule has 2 heterocycles. The number of nitrogens with zero attached hydrogens (tertiary/aromatic N) is 1. The maximum absolute atomic E-state index is 4.45. The molecule has 84 valence electrons. The van der Waals surface area contributed by atoms with Crippen molar-refractivity contribution < 1.29 is 0 Å². The van der Waals surface area contributed by atoms with E-state index in [1.54, 1.807) is 11.3 Å². The van der Waals surface area contributed by atoms with Crippen LogP contribution in [0.1, 0.15) is 31.4 Å². The summed E-state index contributed by atoms with van der Waals surface area (Å²) in [5.74, 6) is 1.20. The number of rotatable bonds is 4. The average molecular weight is 242 g/mol. The quantitative estimate of drug-likeness (QED) is 0.821. The largest absolute Gasteiger partial charge is 0.314 e. The minimum absolute atomic E-state index is 0.757. The van der Waals surface area contributed by atoms with Crippen molar-refractivity contribution in [3.8, 4) is 0 Å². The van der Waals surface area contributed by atoms with Crippen LogP contribution in [0.25, 0.3) is 0 Å². The summed E-state index contributed by atoms with van der Waals surface area (Å²) in [5.41, 5.74) is 1.15. The van der Waals surface area contributed by atoms with Gasteiger partial charge in [0.15, 0.2) is 0 Å². The van der Waals surface area contributed by atoms with Crippen LogP contribution < -0.4 is 5.32 Å². The van der Waals surface area contributed by atoms with Gasteiger partial charge in [-0.1, -0.05) is 18.2 Å². The minimum Gasteiger partial charge on any atom is -0.314 e. The summed E-state index contributed by atoms with van der Waals surface area (Å²) in [5, 5.41) is 5.71. The molecule has 4 heteroatoms. The van der Waals surface area contributed by atoms with E-state index in [1.807, 2.05) is 11.8 Å². The lowest BCUT2D eigenvalue weighted by Crippen LogP contribution is -2.34. The van der Waals surface area contributed by atoms with Crippen molar-refractivity contribution in [3.63, 3.8) is 0 Å². The normalized spacial score (nSPS) is 21.8. The van der Waals surface area contributed by atoms with E-state index in [2.05, 4.69) is 22.6 Å². The molecule has 0 unspecified atom stereocenters. The van der Waals surface area contributed by atoms with E-state index < -0.39 is 0 Å². The third-order valence-corrected chi connectivity index (χ3v) is 4.87. The van der Waals surface area contributed by atoms with Gasteiger partial charge in [-0.25, -0.2) is 4.98 Å². The molecule has 1 atom stereocenters. The van der Waals surface area contributed by atoms with Crippen molar-refractivity contribution >= 4 is 23.1 Å². The van der Waals surface area contributed by atoms with E-state index >= 15 is 0 Å². The van der Waals surface area contributed by atoms with Crippen LogP contribution in [-0.4, -0.2) is 23.3 Å². The smallest absolute Gasteiger partial charge is 0.150 e. The van der Waals surface area contributed by atoms with Gasteiger partial charge in [0.1, 0.15) is 4.34 Å². The Hall–Kier alpha value is -0.0600. The topological polar surface area (TPSA) is 24.9 Å². The van der Waals surface area contributed by atoms with Gasteiger partial charge < -0.3 is 5.32 Å². The molecule has 0 amide bonds. The molecule has 1 aromatic rings. The molecule has 1 aliphatic heterocycles. The molecule has 1 aliphatic rings. The van der Waals surface area contributed by atoms with Crippen molar-refractivity contribution in [2.24, 2.45) is 0 Å². The zero-order valence-electron chi connectivity index (χ0n) is 9.16. The second kappa shape index (κ2) is 5.87. The molecule has 1 saturated heterocycles. The lowest BCUT2D eigenvalue weighted by atomic mass is 10.0. The maximum atomic E-state index is 4.45. The van der Waals surface area contributed by atoms with Crippen molar-refractivity contribution in [2.45, 2.75) is 43.0 Å². The molecule has 2 rings (SSSR count). The SMILES string of the molecule is Cc1csc(SCC[C@@H]2CCCCN2)n1. The Morgan fingerprint density at radius 1 is 1.60 bits per heavy atom. The predicted octanol–water partition coefficient (Wildman–Crippen LogP) is 3.08. The number of aryl methyl sites for hydroxylation is 1. The summed E-state index contributed by atoms with van der Waals surface area (Å²) in [6, 6.07) is 0.757. The van der Waals surface area contributed by atoms with Crippen molar-refractivity contribution in [2.75, 3.05) is 12.3 Å². The van der Waals surface area contributed by atoms with Gasteiger partial charge in [0.2, 0.25) is 0 Å². The molecule has 1 aromatic heterocycles. The molecule has 0 aliphatic carbocycles. The Morgan fingerprint density at radius 2 is 2.53 bits per heavy atom. The molecule has 0 radical (unpaired) electrons. The standard InChI is InChI=1S/C11H18N2S2/c1-9-8-15-11(13-9)14-7-5-10-4-2-3-6-12-10/h8,10,12H,2-7H2,1H3/t10-/m0/s1. The van der Waals surface area contributed by atoms with Crippen molar-refractivity contribution in [1.29, 1.82) is 0 Å². The molecule has 2 nitrogen and oxygen atoms in total. The Balaban J connectivity index is 1.65.